The van der Waals surface area contributed by atoms with Gasteiger partial charge in [0.1, 0.15) is 6.26 Å². The zero-order valence-electron chi connectivity index (χ0n) is 15.0. The lowest BCUT2D eigenvalue weighted by Gasteiger charge is -2.24. The predicted octanol–water partition coefficient (Wildman–Crippen LogP) is 1.97. The molecule has 0 bridgehead atoms. The van der Waals surface area contributed by atoms with Gasteiger partial charge in [0.25, 0.3) is 0 Å². The van der Waals surface area contributed by atoms with E-state index >= 15 is 0 Å². The Balaban J connectivity index is 1.46. The van der Waals surface area contributed by atoms with Crippen LogP contribution in [0.5, 0.6) is 0 Å². The molecule has 9 heteroatoms. The molecule has 3 aromatic rings. The molecule has 1 aliphatic heterocycles. The lowest BCUT2D eigenvalue weighted by Crippen LogP contribution is -2.35. The molecule has 4 heterocycles. The molecule has 27 heavy (non-hydrogen) atoms. The summed E-state index contributed by atoms with van der Waals surface area (Å²) in [4.78, 5) is 31.9. The van der Waals surface area contributed by atoms with Crippen molar-refractivity contribution in [1.29, 1.82) is 0 Å². The molecule has 1 N–H and O–H groups in total. The molecule has 2 unspecified atom stereocenters. The number of hydrogen-bond donors (Lipinski definition) is 1. The maximum atomic E-state index is 12.8. The van der Waals surface area contributed by atoms with Crippen LogP contribution in [0.25, 0.3) is 10.8 Å². The van der Waals surface area contributed by atoms with E-state index < -0.39 is 5.92 Å². The van der Waals surface area contributed by atoms with Crippen molar-refractivity contribution in [3.8, 4) is 10.8 Å². The highest BCUT2D eigenvalue weighted by Gasteiger charge is 2.43. The number of hydrogen-bond acceptors (Lipinski definition) is 6. The maximum absolute atomic E-state index is 12.8. The molecule has 0 aromatic carbocycles. The van der Waals surface area contributed by atoms with Crippen molar-refractivity contribution in [2.24, 2.45) is 13.0 Å². The number of carbonyl (C=O) groups excluding carboxylic acids is 2. The summed E-state index contributed by atoms with van der Waals surface area (Å²) in [5, 5.41) is 9.00. The van der Waals surface area contributed by atoms with Gasteiger partial charge in [-0.25, -0.2) is 4.98 Å². The zero-order valence-corrected chi connectivity index (χ0v) is 15.8. The van der Waals surface area contributed by atoms with Crippen molar-refractivity contribution in [2.75, 3.05) is 7.05 Å². The van der Waals surface area contributed by atoms with Crippen molar-refractivity contribution in [3.05, 3.63) is 47.4 Å². The Morgan fingerprint density at radius 2 is 2.26 bits per heavy atom. The highest BCUT2D eigenvalue weighted by molar-refractivity contribution is 7.13. The van der Waals surface area contributed by atoms with Crippen LogP contribution < -0.4 is 5.32 Å². The Morgan fingerprint density at radius 1 is 1.41 bits per heavy atom. The van der Waals surface area contributed by atoms with Crippen LogP contribution in [0.4, 0.5) is 0 Å². The van der Waals surface area contributed by atoms with Crippen molar-refractivity contribution < 1.29 is 14.0 Å². The van der Waals surface area contributed by atoms with E-state index in [1.807, 2.05) is 30.6 Å². The first-order chi connectivity index (χ1) is 13.0. The first kappa shape index (κ1) is 17.5. The summed E-state index contributed by atoms with van der Waals surface area (Å²) in [6.45, 7) is 0.250. The Bertz CT molecular complexity index is 961. The summed E-state index contributed by atoms with van der Waals surface area (Å²) >= 11 is 1.54. The van der Waals surface area contributed by atoms with Gasteiger partial charge < -0.3 is 14.6 Å². The minimum atomic E-state index is -0.471. The van der Waals surface area contributed by atoms with Crippen LogP contribution in [0.2, 0.25) is 0 Å². The molecule has 1 saturated heterocycles. The van der Waals surface area contributed by atoms with Gasteiger partial charge in [-0.3, -0.25) is 14.3 Å². The third kappa shape index (κ3) is 3.25. The van der Waals surface area contributed by atoms with Crippen LogP contribution in [0, 0.1) is 5.92 Å². The van der Waals surface area contributed by atoms with Gasteiger partial charge in [-0.05, 0) is 17.5 Å². The van der Waals surface area contributed by atoms with Gasteiger partial charge in [0.05, 0.1) is 34.8 Å². The van der Waals surface area contributed by atoms with Gasteiger partial charge in [-0.1, -0.05) is 6.07 Å². The largest absolute Gasteiger partial charge is 0.443 e. The molecule has 0 saturated carbocycles. The number of aryl methyl sites for hydroxylation is 1. The van der Waals surface area contributed by atoms with Crippen LogP contribution in [0.3, 0.4) is 0 Å². The molecule has 0 aliphatic carbocycles. The highest BCUT2D eigenvalue weighted by Crippen LogP contribution is 2.36. The number of amides is 2. The lowest BCUT2D eigenvalue weighted by atomic mass is 9.96. The smallest absolute Gasteiger partial charge is 0.236 e. The average molecular weight is 385 g/mol. The molecule has 140 valence electrons. The third-order valence-electron chi connectivity index (χ3n) is 4.81. The van der Waals surface area contributed by atoms with Gasteiger partial charge >= 0.3 is 0 Å². The van der Waals surface area contributed by atoms with Crippen LogP contribution in [0.1, 0.15) is 23.9 Å². The van der Waals surface area contributed by atoms with Gasteiger partial charge in [0, 0.05) is 26.7 Å². The standard InChI is InChI=1S/C18H19N5O3S/c1-22-15(24)8-12(16(22)13-5-6-20-23(13)2)17(25)19-9-11-10-26-18(21-11)14-4-3-7-27-14/h3-7,10,12,16H,8-9H2,1-2H3,(H,19,25). The van der Waals surface area contributed by atoms with E-state index in [9.17, 15) is 9.59 Å². The molecule has 3 aromatic heterocycles. The third-order valence-corrected chi connectivity index (χ3v) is 5.67. The second-order valence-electron chi connectivity index (χ2n) is 6.48. The summed E-state index contributed by atoms with van der Waals surface area (Å²) in [7, 11) is 3.53. The molecule has 4 rings (SSSR count). The minimum absolute atomic E-state index is 0.0530. The summed E-state index contributed by atoms with van der Waals surface area (Å²) in [6, 6.07) is 5.36. The number of carbonyl (C=O) groups is 2. The Labute approximate surface area is 159 Å². The van der Waals surface area contributed by atoms with Crippen LogP contribution >= 0.6 is 11.3 Å². The van der Waals surface area contributed by atoms with Crippen molar-refractivity contribution >= 4 is 23.2 Å². The predicted molar refractivity (Wildman–Crippen MR) is 98.5 cm³/mol. The molecule has 2 atom stereocenters. The number of rotatable bonds is 5. The van der Waals surface area contributed by atoms with Gasteiger partial charge in [0.15, 0.2) is 0 Å². The van der Waals surface area contributed by atoms with Crippen molar-refractivity contribution in [3.63, 3.8) is 0 Å². The van der Waals surface area contributed by atoms with E-state index in [0.29, 0.717) is 11.6 Å². The highest BCUT2D eigenvalue weighted by atomic mass is 32.1. The summed E-state index contributed by atoms with van der Waals surface area (Å²) < 4.78 is 7.17. The van der Waals surface area contributed by atoms with E-state index in [0.717, 1.165) is 10.6 Å². The van der Waals surface area contributed by atoms with E-state index in [4.69, 9.17) is 4.42 Å². The van der Waals surface area contributed by atoms with Crippen molar-refractivity contribution in [1.82, 2.24) is 25.0 Å². The minimum Gasteiger partial charge on any atom is -0.443 e. The van der Waals surface area contributed by atoms with Gasteiger partial charge in [-0.15, -0.1) is 11.3 Å². The van der Waals surface area contributed by atoms with Crippen LogP contribution in [-0.2, 0) is 23.2 Å². The van der Waals surface area contributed by atoms with E-state index in [1.165, 1.54) is 11.3 Å². The Morgan fingerprint density at radius 3 is 2.96 bits per heavy atom. The number of nitrogens with zero attached hydrogens (tertiary/aromatic N) is 4. The summed E-state index contributed by atoms with van der Waals surface area (Å²) in [5.41, 5.74) is 1.48. The summed E-state index contributed by atoms with van der Waals surface area (Å²) in [5.74, 6) is -0.165. The Kier molecular flexibility index (Phi) is 4.53. The average Bonchev–Trinajstić information content (AvgIpc) is 3.42. The fourth-order valence-corrected chi connectivity index (χ4v) is 4.05. The first-order valence-corrected chi connectivity index (χ1v) is 9.42. The first-order valence-electron chi connectivity index (χ1n) is 8.54. The van der Waals surface area contributed by atoms with Crippen LogP contribution in [0.15, 0.2) is 40.5 Å². The number of oxazole rings is 1. The van der Waals surface area contributed by atoms with Gasteiger partial charge in [0.2, 0.25) is 17.7 Å². The number of aromatic nitrogens is 3. The van der Waals surface area contributed by atoms with E-state index in [2.05, 4.69) is 15.4 Å². The molecular formula is C18H19N5O3S. The molecule has 0 spiro atoms. The normalized spacial score (nSPS) is 19.6. The molecular weight excluding hydrogens is 366 g/mol. The zero-order chi connectivity index (χ0) is 19.0. The molecule has 1 fully saturated rings. The number of nitrogens with one attached hydrogen (secondary N) is 1. The second kappa shape index (κ2) is 6.99. The molecule has 8 nitrogen and oxygen atoms in total. The molecule has 2 amide bonds. The lowest BCUT2D eigenvalue weighted by molar-refractivity contribution is -0.128. The van der Waals surface area contributed by atoms with E-state index in [-0.39, 0.29) is 30.8 Å². The second-order valence-corrected chi connectivity index (χ2v) is 7.43. The maximum Gasteiger partial charge on any atom is 0.236 e. The number of likely N-dealkylation sites (tertiary alicyclic amines) is 1. The summed E-state index contributed by atoms with van der Waals surface area (Å²) in [6.07, 6.45) is 3.39. The fraction of sp³-hybridized carbons (Fsp3) is 0.333. The SMILES string of the molecule is CN1C(=O)CC(C(=O)NCc2coc(-c3cccs3)n2)C1c1ccnn1C. The molecule has 1 aliphatic rings. The van der Waals surface area contributed by atoms with Crippen molar-refractivity contribution in [2.45, 2.75) is 19.0 Å². The van der Waals surface area contributed by atoms with Crippen LogP contribution in [-0.4, -0.2) is 38.5 Å². The topological polar surface area (TPSA) is 93.3 Å². The Hall–Kier alpha value is -2.94. The van der Waals surface area contributed by atoms with E-state index in [1.54, 1.807) is 29.1 Å². The quantitative estimate of drug-likeness (QED) is 0.725. The fourth-order valence-electron chi connectivity index (χ4n) is 3.39. The van der Waals surface area contributed by atoms with Gasteiger partial charge in [-0.2, -0.15) is 5.10 Å². The monoisotopic (exact) mass is 385 g/mol. The molecule has 0 radical (unpaired) electrons. The number of thiophene rings is 1.